The minimum absolute atomic E-state index is 0.143. The molecule has 1 saturated heterocycles. The van der Waals surface area contributed by atoms with Crippen molar-refractivity contribution in [1.82, 2.24) is 5.32 Å². The van der Waals surface area contributed by atoms with Gasteiger partial charge in [0, 0.05) is 12.3 Å². The van der Waals surface area contributed by atoms with Crippen molar-refractivity contribution in [3.63, 3.8) is 0 Å². The molecule has 1 heterocycles. The highest BCUT2D eigenvalue weighted by Gasteiger charge is 2.26. The fourth-order valence-electron chi connectivity index (χ4n) is 2.38. The fraction of sp³-hybridized carbons (Fsp3) is 0.467. The normalized spacial score (nSPS) is 19.7. The van der Waals surface area contributed by atoms with Gasteiger partial charge in [0.15, 0.2) is 0 Å². The monoisotopic (exact) mass is 263 g/mol. The first-order valence-electron chi connectivity index (χ1n) is 6.59. The van der Waals surface area contributed by atoms with Crippen LogP contribution >= 0.6 is 0 Å². The summed E-state index contributed by atoms with van der Waals surface area (Å²) >= 11 is 0. The Balaban J connectivity index is 2.09. The standard InChI is InChI=1S/C15H18FNO2/c1-9(2)12-5-3-10(8-13(12)16)7-11-4-6-14(18)17-15(11)19/h3,5,8-9,11H,4,6-7H2,1-2H3,(H,17,18,19). The number of hydrogen-bond donors (Lipinski definition) is 1. The van der Waals surface area contributed by atoms with Crippen molar-refractivity contribution < 1.29 is 14.0 Å². The molecule has 0 bridgehead atoms. The van der Waals surface area contributed by atoms with Gasteiger partial charge in [-0.05, 0) is 36.0 Å². The maximum atomic E-state index is 13.9. The molecule has 19 heavy (non-hydrogen) atoms. The van der Waals surface area contributed by atoms with Crippen molar-refractivity contribution in [3.05, 3.63) is 35.1 Å². The molecule has 1 aromatic carbocycles. The van der Waals surface area contributed by atoms with Gasteiger partial charge < -0.3 is 0 Å². The summed E-state index contributed by atoms with van der Waals surface area (Å²) in [7, 11) is 0. The van der Waals surface area contributed by atoms with E-state index in [0.717, 1.165) is 5.56 Å². The van der Waals surface area contributed by atoms with Crippen LogP contribution in [0.2, 0.25) is 0 Å². The second-order valence-electron chi connectivity index (χ2n) is 5.36. The fourth-order valence-corrected chi connectivity index (χ4v) is 2.38. The van der Waals surface area contributed by atoms with Crippen LogP contribution in [0.1, 0.15) is 43.7 Å². The van der Waals surface area contributed by atoms with E-state index in [1.807, 2.05) is 19.9 Å². The first kappa shape index (κ1) is 13.7. The van der Waals surface area contributed by atoms with Crippen LogP contribution in [0.4, 0.5) is 4.39 Å². The molecule has 0 saturated carbocycles. The molecule has 1 fully saturated rings. The number of imide groups is 1. The van der Waals surface area contributed by atoms with Crippen molar-refractivity contribution >= 4 is 11.8 Å². The predicted molar refractivity (Wildman–Crippen MR) is 70.1 cm³/mol. The number of rotatable bonds is 3. The molecule has 0 aromatic heterocycles. The lowest BCUT2D eigenvalue weighted by Crippen LogP contribution is -2.41. The third-order valence-electron chi connectivity index (χ3n) is 3.52. The van der Waals surface area contributed by atoms with Crippen molar-refractivity contribution in [1.29, 1.82) is 0 Å². The summed E-state index contributed by atoms with van der Waals surface area (Å²) in [4.78, 5) is 22.7. The van der Waals surface area contributed by atoms with E-state index in [4.69, 9.17) is 0 Å². The molecule has 1 atom stereocenters. The highest BCUT2D eigenvalue weighted by molar-refractivity contribution is 5.98. The largest absolute Gasteiger partial charge is 0.296 e. The molecule has 102 valence electrons. The first-order valence-corrected chi connectivity index (χ1v) is 6.59. The minimum Gasteiger partial charge on any atom is -0.296 e. The zero-order valence-corrected chi connectivity index (χ0v) is 11.2. The van der Waals surface area contributed by atoms with Crippen LogP contribution in [0, 0.1) is 11.7 Å². The van der Waals surface area contributed by atoms with Crippen molar-refractivity contribution in [2.24, 2.45) is 5.92 Å². The van der Waals surface area contributed by atoms with Crippen LogP contribution in [0.5, 0.6) is 0 Å². The number of nitrogens with one attached hydrogen (secondary N) is 1. The highest BCUT2D eigenvalue weighted by atomic mass is 19.1. The van der Waals surface area contributed by atoms with E-state index in [2.05, 4.69) is 5.32 Å². The first-order chi connectivity index (χ1) is 8.97. The number of hydrogen-bond acceptors (Lipinski definition) is 2. The molecule has 1 aliphatic rings. The van der Waals surface area contributed by atoms with Crippen LogP contribution < -0.4 is 5.32 Å². The van der Waals surface area contributed by atoms with Gasteiger partial charge in [-0.25, -0.2) is 4.39 Å². The third-order valence-corrected chi connectivity index (χ3v) is 3.52. The van der Waals surface area contributed by atoms with E-state index in [0.29, 0.717) is 24.8 Å². The maximum absolute atomic E-state index is 13.9. The summed E-state index contributed by atoms with van der Waals surface area (Å²) in [5.41, 5.74) is 1.49. The van der Waals surface area contributed by atoms with E-state index in [9.17, 15) is 14.0 Å². The maximum Gasteiger partial charge on any atom is 0.230 e. The molecule has 1 aromatic rings. The van der Waals surface area contributed by atoms with E-state index in [1.54, 1.807) is 6.07 Å². The van der Waals surface area contributed by atoms with Gasteiger partial charge >= 0.3 is 0 Å². The van der Waals surface area contributed by atoms with E-state index >= 15 is 0 Å². The molecule has 0 radical (unpaired) electrons. The van der Waals surface area contributed by atoms with Gasteiger partial charge in [-0.15, -0.1) is 0 Å². The van der Waals surface area contributed by atoms with Crippen molar-refractivity contribution in [2.75, 3.05) is 0 Å². The van der Waals surface area contributed by atoms with Gasteiger partial charge in [-0.1, -0.05) is 26.0 Å². The topological polar surface area (TPSA) is 46.2 Å². The number of amides is 2. The van der Waals surface area contributed by atoms with Gasteiger partial charge in [0.2, 0.25) is 11.8 Å². The van der Waals surface area contributed by atoms with Gasteiger partial charge in [0.1, 0.15) is 5.82 Å². The zero-order valence-electron chi connectivity index (χ0n) is 11.2. The SMILES string of the molecule is CC(C)c1ccc(CC2CCC(=O)NC2=O)cc1F. The molecule has 0 spiro atoms. The molecule has 1 N–H and O–H groups in total. The summed E-state index contributed by atoms with van der Waals surface area (Å²) in [6, 6.07) is 5.14. The van der Waals surface area contributed by atoms with E-state index < -0.39 is 0 Å². The number of benzene rings is 1. The summed E-state index contributed by atoms with van der Waals surface area (Å²) in [5, 5.41) is 2.32. The van der Waals surface area contributed by atoms with E-state index in [1.165, 1.54) is 6.07 Å². The number of carbonyl (C=O) groups is 2. The smallest absolute Gasteiger partial charge is 0.230 e. The Bertz CT molecular complexity index is 511. The van der Waals surface area contributed by atoms with Gasteiger partial charge in [0.25, 0.3) is 0 Å². The molecular weight excluding hydrogens is 245 g/mol. The molecular formula is C15H18FNO2. The second kappa shape index (κ2) is 5.51. The molecule has 0 aliphatic carbocycles. The van der Waals surface area contributed by atoms with Crippen molar-refractivity contribution in [2.45, 2.75) is 39.0 Å². The zero-order chi connectivity index (χ0) is 14.0. The lowest BCUT2D eigenvalue weighted by molar-refractivity contribution is -0.136. The van der Waals surface area contributed by atoms with Crippen molar-refractivity contribution in [3.8, 4) is 0 Å². The lowest BCUT2D eigenvalue weighted by Gasteiger charge is -2.21. The molecule has 1 unspecified atom stereocenters. The number of carbonyl (C=O) groups excluding carboxylic acids is 2. The van der Waals surface area contributed by atoms with Crippen LogP contribution in [-0.4, -0.2) is 11.8 Å². The Hall–Kier alpha value is -1.71. The summed E-state index contributed by atoms with van der Waals surface area (Å²) in [6.45, 7) is 3.89. The Morgan fingerprint density at radius 2 is 2.11 bits per heavy atom. The van der Waals surface area contributed by atoms with E-state index in [-0.39, 0.29) is 29.5 Å². The summed E-state index contributed by atoms with van der Waals surface area (Å²) in [5.74, 6) is -0.779. The Morgan fingerprint density at radius 3 is 2.68 bits per heavy atom. The summed E-state index contributed by atoms with van der Waals surface area (Å²) < 4.78 is 13.9. The Morgan fingerprint density at radius 1 is 1.37 bits per heavy atom. The average Bonchev–Trinajstić information content (AvgIpc) is 2.32. The summed E-state index contributed by atoms with van der Waals surface area (Å²) in [6.07, 6.45) is 1.38. The molecule has 3 nitrogen and oxygen atoms in total. The second-order valence-corrected chi connectivity index (χ2v) is 5.36. The quantitative estimate of drug-likeness (QED) is 0.852. The van der Waals surface area contributed by atoms with Crippen LogP contribution in [0.3, 0.4) is 0 Å². The minimum atomic E-state index is -0.246. The molecule has 2 rings (SSSR count). The van der Waals surface area contributed by atoms with Gasteiger partial charge in [-0.2, -0.15) is 0 Å². The Labute approximate surface area is 112 Å². The Kier molecular flexibility index (Phi) is 3.98. The molecule has 4 heteroatoms. The predicted octanol–water partition coefficient (Wildman–Crippen LogP) is 2.54. The molecule has 2 amide bonds. The van der Waals surface area contributed by atoms with Crippen LogP contribution in [0.15, 0.2) is 18.2 Å². The molecule has 1 aliphatic heterocycles. The van der Waals surface area contributed by atoms with Gasteiger partial charge in [0.05, 0.1) is 0 Å². The average molecular weight is 263 g/mol. The van der Waals surface area contributed by atoms with Crippen LogP contribution in [0.25, 0.3) is 0 Å². The number of halogens is 1. The third kappa shape index (κ3) is 3.19. The van der Waals surface area contributed by atoms with Gasteiger partial charge in [-0.3, -0.25) is 14.9 Å². The highest BCUT2D eigenvalue weighted by Crippen LogP contribution is 2.23. The lowest BCUT2D eigenvalue weighted by atomic mass is 9.90. The number of piperidine rings is 1. The van der Waals surface area contributed by atoms with Crippen LogP contribution in [-0.2, 0) is 16.0 Å².